The summed E-state index contributed by atoms with van der Waals surface area (Å²) >= 11 is 0. The zero-order valence-electron chi connectivity index (χ0n) is 14.4. The number of aromatic hydroxyl groups is 1. The monoisotopic (exact) mass is 366 g/mol. The van der Waals surface area contributed by atoms with Gasteiger partial charge in [0.05, 0.1) is 18.5 Å². The quantitative estimate of drug-likeness (QED) is 0.195. The zero-order valence-corrected chi connectivity index (χ0v) is 14.4. The van der Waals surface area contributed by atoms with E-state index < -0.39 is 5.69 Å². The number of rotatable bonds is 5. The number of hydrogen-bond acceptors (Lipinski definition) is 7. The minimum absolute atomic E-state index is 0.0136. The van der Waals surface area contributed by atoms with Crippen LogP contribution in [0.3, 0.4) is 0 Å². The van der Waals surface area contributed by atoms with Crippen molar-refractivity contribution in [1.82, 2.24) is 15.5 Å². The highest BCUT2D eigenvalue weighted by atomic mass is 16.5. The summed E-state index contributed by atoms with van der Waals surface area (Å²) in [5.74, 6) is 5.67. The summed E-state index contributed by atoms with van der Waals surface area (Å²) in [7, 11) is 1.45. The van der Waals surface area contributed by atoms with Gasteiger partial charge in [-0.25, -0.2) is 16.2 Å². The smallest absolute Gasteiger partial charge is 0.345 e. The van der Waals surface area contributed by atoms with Gasteiger partial charge in [-0.05, 0) is 24.3 Å². The molecule has 138 valence electrons. The summed E-state index contributed by atoms with van der Waals surface area (Å²) in [4.78, 5) is 18.7. The molecule has 0 aliphatic carbocycles. The second-order valence-electron chi connectivity index (χ2n) is 5.58. The molecule has 7 N–H and O–H groups in total. The van der Waals surface area contributed by atoms with Crippen LogP contribution in [0.2, 0.25) is 0 Å². The molecule has 0 aliphatic rings. The number of aromatic nitrogens is 2. The van der Waals surface area contributed by atoms with Crippen molar-refractivity contribution >= 4 is 5.84 Å². The molecule has 9 nitrogen and oxygen atoms in total. The van der Waals surface area contributed by atoms with Gasteiger partial charge in [-0.3, -0.25) is 0 Å². The molecule has 0 unspecified atom stereocenters. The van der Waals surface area contributed by atoms with Crippen LogP contribution in [0, 0.1) is 0 Å². The van der Waals surface area contributed by atoms with Crippen LogP contribution in [0.25, 0.3) is 22.5 Å². The van der Waals surface area contributed by atoms with Crippen molar-refractivity contribution in [3.8, 4) is 34.0 Å². The predicted molar refractivity (Wildman–Crippen MR) is 102 cm³/mol. The molecule has 0 bridgehead atoms. The molecule has 0 amide bonds. The summed E-state index contributed by atoms with van der Waals surface area (Å²) in [5, 5.41) is 13.4. The number of phenols is 1. The maximum Gasteiger partial charge on any atom is 0.345 e. The van der Waals surface area contributed by atoms with Crippen LogP contribution in [-0.2, 0) is 0 Å². The van der Waals surface area contributed by atoms with Crippen LogP contribution >= 0.6 is 0 Å². The molecule has 1 aromatic heterocycles. The Kier molecular flexibility index (Phi) is 5.04. The number of nitrogens with zero attached hydrogens (tertiary/aromatic N) is 2. The van der Waals surface area contributed by atoms with E-state index in [0.29, 0.717) is 28.3 Å². The Morgan fingerprint density at radius 3 is 2.56 bits per heavy atom. The van der Waals surface area contributed by atoms with Crippen LogP contribution in [0.1, 0.15) is 5.56 Å². The second-order valence-corrected chi connectivity index (χ2v) is 5.58. The number of nitrogens with two attached hydrogens (primary N) is 2. The maximum absolute atomic E-state index is 12.0. The molecule has 0 spiro atoms. The van der Waals surface area contributed by atoms with Crippen molar-refractivity contribution in [1.29, 1.82) is 0 Å². The minimum atomic E-state index is -0.493. The number of hydrazine groups is 1. The van der Waals surface area contributed by atoms with Gasteiger partial charge in [0.25, 0.3) is 0 Å². The zero-order chi connectivity index (χ0) is 19.4. The Labute approximate surface area is 154 Å². The lowest BCUT2D eigenvalue weighted by Crippen LogP contribution is -2.22. The third-order valence-corrected chi connectivity index (χ3v) is 3.90. The van der Waals surface area contributed by atoms with Gasteiger partial charge in [0, 0.05) is 16.7 Å². The molecular weight excluding hydrogens is 348 g/mol. The molecule has 27 heavy (non-hydrogen) atoms. The van der Waals surface area contributed by atoms with E-state index in [-0.39, 0.29) is 11.6 Å². The van der Waals surface area contributed by atoms with E-state index in [0.717, 1.165) is 5.56 Å². The Morgan fingerprint density at radius 2 is 1.89 bits per heavy atom. The van der Waals surface area contributed by atoms with Gasteiger partial charge in [0.2, 0.25) is 0 Å². The second kappa shape index (κ2) is 7.58. The Morgan fingerprint density at radius 1 is 1.19 bits per heavy atom. The molecule has 0 aliphatic heterocycles. The molecule has 1 heterocycles. The van der Waals surface area contributed by atoms with E-state index >= 15 is 0 Å². The number of hydrazone groups is 1. The van der Waals surface area contributed by atoms with E-state index in [1.165, 1.54) is 13.2 Å². The van der Waals surface area contributed by atoms with Crippen molar-refractivity contribution in [3.63, 3.8) is 0 Å². The Bertz CT molecular complexity index is 1040. The normalized spacial score (nSPS) is 11.3. The number of benzene rings is 2. The summed E-state index contributed by atoms with van der Waals surface area (Å²) in [6, 6.07) is 13.6. The van der Waals surface area contributed by atoms with E-state index in [2.05, 4.69) is 20.6 Å². The van der Waals surface area contributed by atoms with Crippen molar-refractivity contribution in [2.45, 2.75) is 0 Å². The number of phenolic OH excluding ortho intramolecular Hbond substituents is 1. The molecule has 0 saturated carbocycles. The molecule has 0 saturated heterocycles. The van der Waals surface area contributed by atoms with E-state index in [1.807, 2.05) is 0 Å². The lowest BCUT2D eigenvalue weighted by atomic mass is 10.1. The molecular formula is C18H18N6O3. The fourth-order valence-corrected chi connectivity index (χ4v) is 2.55. The van der Waals surface area contributed by atoms with E-state index in [1.54, 1.807) is 42.5 Å². The number of amidine groups is 1. The number of ether oxygens (including phenoxy) is 1. The van der Waals surface area contributed by atoms with E-state index in [9.17, 15) is 9.90 Å². The van der Waals surface area contributed by atoms with Gasteiger partial charge in [-0.15, -0.1) is 5.10 Å². The summed E-state index contributed by atoms with van der Waals surface area (Å²) < 4.78 is 5.11. The first kappa shape index (κ1) is 18.0. The molecule has 0 atom stereocenters. The predicted octanol–water partition coefficient (Wildman–Crippen LogP) is 0.902. The lowest BCUT2D eigenvalue weighted by Gasteiger charge is -2.08. The first-order chi connectivity index (χ1) is 13.0. The molecule has 9 heteroatoms. The topological polar surface area (TPSA) is 152 Å². The van der Waals surface area contributed by atoms with Gasteiger partial charge in [0.1, 0.15) is 0 Å². The molecule has 0 fully saturated rings. The molecule has 3 aromatic rings. The Balaban J connectivity index is 2.01. The standard InChI is InChI=1S/C18H18N6O3/c1-27-16-8-12(6-7-15(16)25)14-9-13(21-18(26)22-14)10-2-4-11(5-3-10)17(19)23-24-20/h2-9,24-25H,20H2,1H3,(H2,19,23)(H,21,22,26). The number of H-pyrrole nitrogens is 1. The number of nitrogens with one attached hydrogen (secondary N) is 2. The number of aromatic amines is 1. The minimum Gasteiger partial charge on any atom is -0.504 e. The van der Waals surface area contributed by atoms with Crippen molar-refractivity contribution in [2.24, 2.45) is 16.7 Å². The molecule has 3 rings (SSSR count). The summed E-state index contributed by atoms with van der Waals surface area (Å²) in [6.07, 6.45) is 0. The molecule has 0 radical (unpaired) electrons. The number of hydrogen-bond donors (Lipinski definition) is 5. The third-order valence-electron chi connectivity index (χ3n) is 3.90. The van der Waals surface area contributed by atoms with Crippen LogP contribution in [0.5, 0.6) is 11.5 Å². The van der Waals surface area contributed by atoms with Gasteiger partial charge >= 0.3 is 5.69 Å². The van der Waals surface area contributed by atoms with Gasteiger partial charge in [0.15, 0.2) is 17.3 Å². The van der Waals surface area contributed by atoms with Gasteiger partial charge in [-0.1, -0.05) is 24.3 Å². The van der Waals surface area contributed by atoms with Crippen LogP contribution < -0.4 is 27.5 Å². The summed E-state index contributed by atoms with van der Waals surface area (Å²) in [6.45, 7) is 0. The lowest BCUT2D eigenvalue weighted by molar-refractivity contribution is 0.373. The highest BCUT2D eigenvalue weighted by molar-refractivity contribution is 5.97. The SMILES string of the molecule is COc1cc(-c2cc(-c3ccc(/C(N)=N/NN)cc3)nc(=O)[nH]2)ccc1O. The Hall–Kier alpha value is -3.85. The molecule has 2 aromatic carbocycles. The fourth-order valence-electron chi connectivity index (χ4n) is 2.55. The van der Waals surface area contributed by atoms with Crippen molar-refractivity contribution < 1.29 is 9.84 Å². The average Bonchev–Trinajstić information content (AvgIpc) is 2.68. The average molecular weight is 366 g/mol. The third kappa shape index (κ3) is 3.88. The first-order valence-corrected chi connectivity index (χ1v) is 7.90. The van der Waals surface area contributed by atoms with E-state index in [4.69, 9.17) is 16.3 Å². The van der Waals surface area contributed by atoms with Gasteiger partial charge < -0.3 is 20.6 Å². The van der Waals surface area contributed by atoms with Crippen molar-refractivity contribution in [3.05, 3.63) is 64.6 Å². The van der Waals surface area contributed by atoms with Crippen molar-refractivity contribution in [2.75, 3.05) is 7.11 Å². The number of methoxy groups -OCH3 is 1. The van der Waals surface area contributed by atoms with Crippen LogP contribution in [-0.4, -0.2) is 28.0 Å². The fraction of sp³-hybridized carbons (Fsp3) is 0.0556. The highest BCUT2D eigenvalue weighted by Crippen LogP contribution is 2.31. The van der Waals surface area contributed by atoms with Crippen LogP contribution in [0.4, 0.5) is 0 Å². The van der Waals surface area contributed by atoms with Gasteiger partial charge in [-0.2, -0.15) is 4.98 Å². The van der Waals surface area contributed by atoms with Crippen LogP contribution in [0.15, 0.2) is 58.4 Å². The maximum atomic E-state index is 12.0. The first-order valence-electron chi connectivity index (χ1n) is 7.90. The highest BCUT2D eigenvalue weighted by Gasteiger charge is 2.09. The largest absolute Gasteiger partial charge is 0.504 e. The summed E-state index contributed by atoms with van der Waals surface area (Å²) in [5.41, 5.74) is 10.5.